The van der Waals surface area contributed by atoms with Crippen LogP contribution >= 0.6 is 0 Å². The molecule has 0 bridgehead atoms. The minimum Gasteiger partial charge on any atom is -0.452 e. The van der Waals surface area contributed by atoms with Gasteiger partial charge in [0.15, 0.2) is 6.61 Å². The van der Waals surface area contributed by atoms with E-state index < -0.39 is 5.97 Å². The second-order valence-corrected chi connectivity index (χ2v) is 4.84. The number of nitrogens with one attached hydrogen (secondary N) is 2. The number of fused-ring (bicyclic) bond motifs is 1. The number of carbonyl (C=O) groups is 3. The van der Waals surface area contributed by atoms with E-state index in [0.717, 1.165) is 5.56 Å². The SMILES string of the molecule is COCCNC(=O)COC(=O)c1ccc2c(c1)CCC(=O)N2. The van der Waals surface area contributed by atoms with Crippen molar-refractivity contribution in [1.29, 1.82) is 0 Å². The van der Waals surface area contributed by atoms with Gasteiger partial charge in [-0.2, -0.15) is 0 Å². The van der Waals surface area contributed by atoms with Crippen LogP contribution in [-0.4, -0.2) is 44.7 Å². The molecule has 0 atom stereocenters. The molecule has 0 aliphatic carbocycles. The normalized spacial score (nSPS) is 13.0. The number of ether oxygens (including phenoxy) is 2. The zero-order valence-electron chi connectivity index (χ0n) is 12.3. The van der Waals surface area contributed by atoms with E-state index in [1.165, 1.54) is 7.11 Å². The highest BCUT2D eigenvalue weighted by Gasteiger charge is 2.17. The smallest absolute Gasteiger partial charge is 0.338 e. The Morgan fingerprint density at radius 2 is 2.14 bits per heavy atom. The third-order valence-corrected chi connectivity index (χ3v) is 3.20. The van der Waals surface area contributed by atoms with E-state index in [1.54, 1.807) is 18.2 Å². The van der Waals surface area contributed by atoms with Crippen molar-refractivity contribution in [2.45, 2.75) is 12.8 Å². The maximum Gasteiger partial charge on any atom is 0.338 e. The van der Waals surface area contributed by atoms with Gasteiger partial charge in [0.2, 0.25) is 5.91 Å². The fourth-order valence-electron chi connectivity index (χ4n) is 2.07. The van der Waals surface area contributed by atoms with Crippen LogP contribution in [0, 0.1) is 0 Å². The topological polar surface area (TPSA) is 93.7 Å². The third-order valence-electron chi connectivity index (χ3n) is 3.20. The molecule has 2 rings (SSSR count). The molecular weight excluding hydrogens is 288 g/mol. The second kappa shape index (κ2) is 7.56. The first-order chi connectivity index (χ1) is 10.6. The second-order valence-electron chi connectivity index (χ2n) is 4.84. The Morgan fingerprint density at radius 1 is 1.32 bits per heavy atom. The summed E-state index contributed by atoms with van der Waals surface area (Å²) in [5.74, 6) is -0.979. The van der Waals surface area contributed by atoms with Crippen LogP contribution in [0.4, 0.5) is 5.69 Å². The molecule has 1 aromatic carbocycles. The molecule has 1 heterocycles. The molecule has 1 aliphatic rings. The number of esters is 1. The summed E-state index contributed by atoms with van der Waals surface area (Å²) in [6, 6.07) is 4.91. The van der Waals surface area contributed by atoms with Crippen molar-refractivity contribution in [2.75, 3.05) is 32.2 Å². The maximum absolute atomic E-state index is 11.9. The molecule has 7 nitrogen and oxygen atoms in total. The Hall–Kier alpha value is -2.41. The quantitative estimate of drug-likeness (QED) is 0.589. The molecule has 0 radical (unpaired) electrons. The Bertz CT molecular complexity index is 585. The number of carbonyl (C=O) groups excluding carboxylic acids is 3. The van der Waals surface area contributed by atoms with E-state index in [4.69, 9.17) is 9.47 Å². The number of hydrogen-bond donors (Lipinski definition) is 2. The predicted octanol–water partition coefficient (Wildman–Crippen LogP) is 0.491. The van der Waals surface area contributed by atoms with Crippen molar-refractivity contribution >= 4 is 23.5 Å². The van der Waals surface area contributed by atoms with Crippen LogP contribution in [0.2, 0.25) is 0 Å². The van der Waals surface area contributed by atoms with Gasteiger partial charge in [0.25, 0.3) is 5.91 Å². The highest BCUT2D eigenvalue weighted by molar-refractivity contribution is 5.96. The van der Waals surface area contributed by atoms with Crippen LogP contribution in [0.3, 0.4) is 0 Å². The predicted molar refractivity (Wildman–Crippen MR) is 78.6 cm³/mol. The van der Waals surface area contributed by atoms with Gasteiger partial charge in [0, 0.05) is 25.8 Å². The minimum atomic E-state index is -0.568. The van der Waals surface area contributed by atoms with Crippen molar-refractivity contribution in [2.24, 2.45) is 0 Å². The summed E-state index contributed by atoms with van der Waals surface area (Å²) in [6.45, 7) is 0.429. The lowest BCUT2D eigenvalue weighted by Crippen LogP contribution is -2.31. The van der Waals surface area contributed by atoms with Crippen molar-refractivity contribution in [3.05, 3.63) is 29.3 Å². The van der Waals surface area contributed by atoms with Gasteiger partial charge in [-0.05, 0) is 30.2 Å². The first kappa shape index (κ1) is 16.0. The van der Waals surface area contributed by atoms with E-state index in [1.807, 2.05) is 0 Å². The zero-order chi connectivity index (χ0) is 15.9. The summed E-state index contributed by atoms with van der Waals surface area (Å²) < 4.78 is 9.75. The van der Waals surface area contributed by atoms with Gasteiger partial charge in [-0.3, -0.25) is 9.59 Å². The molecule has 0 fully saturated rings. The summed E-state index contributed by atoms with van der Waals surface area (Å²) in [6.07, 6.45) is 0.979. The van der Waals surface area contributed by atoms with E-state index in [2.05, 4.69) is 10.6 Å². The first-order valence-corrected chi connectivity index (χ1v) is 6.95. The van der Waals surface area contributed by atoms with Crippen LogP contribution < -0.4 is 10.6 Å². The largest absolute Gasteiger partial charge is 0.452 e. The molecule has 0 unspecified atom stereocenters. The van der Waals surface area contributed by atoms with E-state index in [0.29, 0.717) is 37.2 Å². The number of amides is 2. The van der Waals surface area contributed by atoms with Crippen LogP contribution in [0.25, 0.3) is 0 Å². The van der Waals surface area contributed by atoms with Gasteiger partial charge in [0.1, 0.15) is 0 Å². The first-order valence-electron chi connectivity index (χ1n) is 6.95. The van der Waals surface area contributed by atoms with Gasteiger partial charge >= 0.3 is 5.97 Å². The van der Waals surface area contributed by atoms with E-state index in [-0.39, 0.29) is 18.4 Å². The number of benzene rings is 1. The number of aryl methyl sites for hydroxylation is 1. The van der Waals surface area contributed by atoms with Crippen LogP contribution in [-0.2, 0) is 25.5 Å². The van der Waals surface area contributed by atoms with E-state index >= 15 is 0 Å². The highest BCUT2D eigenvalue weighted by atomic mass is 16.5. The molecule has 0 aromatic heterocycles. The Balaban J connectivity index is 1.88. The average molecular weight is 306 g/mol. The monoisotopic (exact) mass is 306 g/mol. The fraction of sp³-hybridized carbons (Fsp3) is 0.400. The van der Waals surface area contributed by atoms with Crippen molar-refractivity contribution in [1.82, 2.24) is 5.32 Å². The Labute approximate surface area is 128 Å². The summed E-state index contributed by atoms with van der Waals surface area (Å²) in [4.78, 5) is 34.6. The van der Waals surface area contributed by atoms with Crippen LogP contribution in [0.15, 0.2) is 18.2 Å². The van der Waals surface area contributed by atoms with Crippen molar-refractivity contribution < 1.29 is 23.9 Å². The highest BCUT2D eigenvalue weighted by Crippen LogP contribution is 2.23. The molecule has 0 saturated carbocycles. The molecule has 7 heteroatoms. The summed E-state index contributed by atoms with van der Waals surface area (Å²) in [5, 5.41) is 5.29. The lowest BCUT2D eigenvalue weighted by molar-refractivity contribution is -0.124. The zero-order valence-corrected chi connectivity index (χ0v) is 12.3. The minimum absolute atomic E-state index is 0.0319. The van der Waals surface area contributed by atoms with Gasteiger partial charge in [0.05, 0.1) is 12.2 Å². The van der Waals surface area contributed by atoms with Crippen LogP contribution in [0.1, 0.15) is 22.3 Å². The average Bonchev–Trinajstić information content (AvgIpc) is 2.52. The molecule has 0 spiro atoms. The van der Waals surface area contributed by atoms with Gasteiger partial charge < -0.3 is 20.1 Å². The number of rotatable bonds is 6. The van der Waals surface area contributed by atoms with E-state index in [9.17, 15) is 14.4 Å². The molecule has 1 aliphatic heterocycles. The molecule has 118 valence electrons. The lowest BCUT2D eigenvalue weighted by atomic mass is 10.0. The van der Waals surface area contributed by atoms with Gasteiger partial charge in [-0.25, -0.2) is 4.79 Å². The fourth-order valence-corrected chi connectivity index (χ4v) is 2.07. The summed E-state index contributed by atoms with van der Waals surface area (Å²) in [5.41, 5.74) is 1.96. The maximum atomic E-state index is 11.9. The lowest BCUT2D eigenvalue weighted by Gasteiger charge is -2.17. The van der Waals surface area contributed by atoms with Gasteiger partial charge in [-0.1, -0.05) is 0 Å². The summed E-state index contributed by atoms with van der Waals surface area (Å²) in [7, 11) is 1.53. The van der Waals surface area contributed by atoms with Gasteiger partial charge in [-0.15, -0.1) is 0 Å². The number of methoxy groups -OCH3 is 1. The molecule has 2 amide bonds. The molecule has 0 saturated heterocycles. The number of anilines is 1. The molecular formula is C15H18N2O5. The molecule has 1 aromatic rings. The van der Waals surface area contributed by atoms with Crippen LogP contribution in [0.5, 0.6) is 0 Å². The number of hydrogen-bond acceptors (Lipinski definition) is 5. The van der Waals surface area contributed by atoms with Crippen molar-refractivity contribution in [3.8, 4) is 0 Å². The Morgan fingerprint density at radius 3 is 2.91 bits per heavy atom. The standard InChI is InChI=1S/C15H18N2O5/c1-21-7-6-16-14(19)9-22-15(20)11-2-4-12-10(8-11)3-5-13(18)17-12/h2,4,8H,3,5-7,9H2,1H3,(H,16,19)(H,17,18). The van der Waals surface area contributed by atoms with Crippen molar-refractivity contribution in [3.63, 3.8) is 0 Å². The summed E-state index contributed by atoms with van der Waals surface area (Å²) >= 11 is 0. The Kier molecular flexibility index (Phi) is 5.48. The molecule has 2 N–H and O–H groups in total. The third kappa shape index (κ3) is 4.29. The molecule has 22 heavy (non-hydrogen) atoms.